The molecule has 1 aromatic carbocycles. The number of Topliss-reactive ketones (excluding diaryl/α,β-unsaturated/α-hetero) is 1. The Bertz CT molecular complexity index is 459. The molecule has 2 nitrogen and oxygen atoms in total. The van der Waals surface area contributed by atoms with Gasteiger partial charge in [-0.2, -0.15) is 0 Å². The van der Waals surface area contributed by atoms with Crippen LogP contribution in [0.5, 0.6) is 0 Å². The van der Waals surface area contributed by atoms with Crippen molar-refractivity contribution in [1.82, 2.24) is 0 Å². The first kappa shape index (κ1) is 12.2. The van der Waals surface area contributed by atoms with Crippen LogP contribution in [0, 0.1) is 18.6 Å². The molecule has 0 bridgehead atoms. The molecule has 0 saturated heterocycles. The van der Waals surface area contributed by atoms with Gasteiger partial charge in [0.25, 0.3) is 0 Å². The molecular weight excluding hydrogens is 226 g/mol. The lowest BCUT2D eigenvalue weighted by Crippen LogP contribution is -2.32. The maximum Gasteiger partial charge on any atom is 0.165 e. The quantitative estimate of drug-likeness (QED) is 0.819. The van der Waals surface area contributed by atoms with Crippen molar-refractivity contribution in [3.8, 4) is 0 Å². The maximum atomic E-state index is 13.8. The summed E-state index contributed by atoms with van der Waals surface area (Å²) < 4.78 is 27.2. The van der Waals surface area contributed by atoms with Crippen molar-refractivity contribution in [2.24, 2.45) is 0 Å². The van der Waals surface area contributed by atoms with Crippen LogP contribution in [-0.4, -0.2) is 10.9 Å². The first-order chi connectivity index (χ1) is 7.94. The van der Waals surface area contributed by atoms with Gasteiger partial charge in [0, 0.05) is 18.4 Å². The number of halogens is 2. The zero-order valence-electron chi connectivity index (χ0n) is 9.59. The lowest BCUT2D eigenvalue weighted by molar-refractivity contribution is -0.125. The summed E-state index contributed by atoms with van der Waals surface area (Å²) in [4.78, 5) is 11.1. The van der Waals surface area contributed by atoms with E-state index in [2.05, 4.69) is 0 Å². The molecule has 92 valence electrons. The van der Waals surface area contributed by atoms with E-state index < -0.39 is 17.2 Å². The molecule has 0 spiro atoms. The third kappa shape index (κ3) is 2.09. The van der Waals surface area contributed by atoms with Crippen LogP contribution in [0.25, 0.3) is 0 Å². The summed E-state index contributed by atoms with van der Waals surface area (Å²) in [5, 5.41) is 10.3. The van der Waals surface area contributed by atoms with Crippen molar-refractivity contribution < 1.29 is 18.7 Å². The molecule has 1 aliphatic carbocycles. The predicted molar refractivity (Wildman–Crippen MR) is 58.5 cm³/mol. The second-order valence-corrected chi connectivity index (χ2v) is 4.63. The van der Waals surface area contributed by atoms with Gasteiger partial charge in [0.1, 0.15) is 5.78 Å². The lowest BCUT2D eigenvalue weighted by atomic mass is 9.78. The van der Waals surface area contributed by atoms with Crippen molar-refractivity contribution in [2.75, 3.05) is 0 Å². The number of aryl methyl sites for hydroxylation is 1. The van der Waals surface area contributed by atoms with Gasteiger partial charge in [0.15, 0.2) is 11.6 Å². The van der Waals surface area contributed by atoms with E-state index in [1.807, 2.05) is 0 Å². The number of benzene rings is 1. The Hall–Kier alpha value is -1.29. The number of carbonyl (C=O) groups is 1. The van der Waals surface area contributed by atoms with E-state index in [-0.39, 0.29) is 42.6 Å². The highest BCUT2D eigenvalue weighted by Gasteiger charge is 2.37. The second kappa shape index (κ2) is 4.18. The van der Waals surface area contributed by atoms with Gasteiger partial charge < -0.3 is 5.11 Å². The van der Waals surface area contributed by atoms with Crippen LogP contribution in [0.4, 0.5) is 8.78 Å². The summed E-state index contributed by atoms with van der Waals surface area (Å²) in [6.45, 7) is 1.47. The van der Waals surface area contributed by atoms with Gasteiger partial charge in [0.05, 0.1) is 5.60 Å². The van der Waals surface area contributed by atoms with Crippen LogP contribution >= 0.6 is 0 Å². The maximum absolute atomic E-state index is 13.8. The Morgan fingerprint density at radius 1 is 1.18 bits per heavy atom. The largest absolute Gasteiger partial charge is 0.385 e. The average molecular weight is 240 g/mol. The summed E-state index contributed by atoms with van der Waals surface area (Å²) in [6.07, 6.45) is 0.743. The van der Waals surface area contributed by atoms with E-state index in [9.17, 15) is 18.7 Å². The molecule has 0 atom stereocenters. The highest BCUT2D eigenvalue weighted by atomic mass is 19.2. The lowest BCUT2D eigenvalue weighted by Gasteiger charge is -2.32. The van der Waals surface area contributed by atoms with Gasteiger partial charge in [0.2, 0.25) is 0 Å². The van der Waals surface area contributed by atoms with Crippen LogP contribution in [-0.2, 0) is 10.4 Å². The molecule has 0 amide bonds. The Balaban J connectivity index is 2.40. The molecule has 1 N–H and O–H groups in total. The van der Waals surface area contributed by atoms with E-state index in [1.165, 1.54) is 19.1 Å². The average Bonchev–Trinajstić information content (AvgIpc) is 2.30. The summed E-state index contributed by atoms with van der Waals surface area (Å²) in [7, 11) is 0. The first-order valence-electron chi connectivity index (χ1n) is 5.63. The number of carbonyl (C=O) groups excluding carboxylic acids is 1. The van der Waals surface area contributed by atoms with Crippen molar-refractivity contribution >= 4 is 5.78 Å². The van der Waals surface area contributed by atoms with E-state index in [1.54, 1.807) is 0 Å². The highest BCUT2D eigenvalue weighted by molar-refractivity contribution is 5.79. The van der Waals surface area contributed by atoms with Crippen molar-refractivity contribution in [2.45, 2.75) is 38.2 Å². The van der Waals surface area contributed by atoms with Crippen molar-refractivity contribution in [1.29, 1.82) is 0 Å². The van der Waals surface area contributed by atoms with Gasteiger partial charge in [-0.25, -0.2) is 8.78 Å². The molecular formula is C13H14F2O2. The number of ketones is 1. The van der Waals surface area contributed by atoms with Crippen LogP contribution in [0.15, 0.2) is 12.1 Å². The molecule has 0 heterocycles. The third-order valence-electron chi connectivity index (χ3n) is 3.41. The number of aliphatic hydroxyl groups is 1. The molecule has 1 aromatic rings. The van der Waals surface area contributed by atoms with Crippen LogP contribution in [0.2, 0.25) is 0 Å². The van der Waals surface area contributed by atoms with Gasteiger partial charge in [-0.1, -0.05) is 12.1 Å². The molecule has 1 aliphatic rings. The highest BCUT2D eigenvalue weighted by Crippen LogP contribution is 2.37. The molecule has 2 rings (SSSR count). The zero-order valence-corrected chi connectivity index (χ0v) is 9.59. The summed E-state index contributed by atoms with van der Waals surface area (Å²) in [6, 6.07) is 2.85. The Kier molecular flexibility index (Phi) is 3.00. The van der Waals surface area contributed by atoms with Gasteiger partial charge in [-0.3, -0.25) is 4.79 Å². The van der Waals surface area contributed by atoms with Crippen molar-refractivity contribution in [3.05, 3.63) is 34.9 Å². The van der Waals surface area contributed by atoms with Crippen molar-refractivity contribution in [3.63, 3.8) is 0 Å². The zero-order chi connectivity index (χ0) is 12.6. The van der Waals surface area contributed by atoms with Crippen LogP contribution < -0.4 is 0 Å². The molecule has 0 unspecified atom stereocenters. The van der Waals surface area contributed by atoms with E-state index in [0.29, 0.717) is 0 Å². The SMILES string of the molecule is Cc1ccc(C2(O)CCC(=O)CC2)c(F)c1F. The van der Waals surface area contributed by atoms with Gasteiger partial charge in [-0.15, -0.1) is 0 Å². The minimum absolute atomic E-state index is 0.0342. The number of hydrogen-bond donors (Lipinski definition) is 1. The van der Waals surface area contributed by atoms with Crippen LogP contribution in [0.1, 0.15) is 36.8 Å². The molecule has 0 aromatic heterocycles. The summed E-state index contributed by atoms with van der Waals surface area (Å²) in [5.74, 6) is -1.86. The standard InChI is InChI=1S/C13H14F2O2/c1-8-2-3-10(12(15)11(8)14)13(17)6-4-9(16)5-7-13/h2-3,17H,4-7H2,1H3. The topological polar surface area (TPSA) is 37.3 Å². The fourth-order valence-corrected chi connectivity index (χ4v) is 2.22. The predicted octanol–water partition coefficient (Wildman–Crippen LogP) is 2.60. The Labute approximate surface area is 98.3 Å². The Morgan fingerprint density at radius 2 is 1.76 bits per heavy atom. The summed E-state index contributed by atoms with van der Waals surface area (Å²) >= 11 is 0. The molecule has 4 heteroatoms. The Morgan fingerprint density at radius 3 is 2.35 bits per heavy atom. The van der Waals surface area contributed by atoms with Gasteiger partial charge in [-0.05, 0) is 25.3 Å². The summed E-state index contributed by atoms with van der Waals surface area (Å²) in [5.41, 5.74) is -1.23. The second-order valence-electron chi connectivity index (χ2n) is 4.63. The monoisotopic (exact) mass is 240 g/mol. The molecule has 17 heavy (non-hydrogen) atoms. The third-order valence-corrected chi connectivity index (χ3v) is 3.41. The molecule has 1 saturated carbocycles. The minimum atomic E-state index is -1.41. The van der Waals surface area contributed by atoms with E-state index in [4.69, 9.17) is 0 Å². The molecule has 0 radical (unpaired) electrons. The van der Waals surface area contributed by atoms with E-state index >= 15 is 0 Å². The van der Waals surface area contributed by atoms with Gasteiger partial charge >= 0.3 is 0 Å². The van der Waals surface area contributed by atoms with Crippen LogP contribution in [0.3, 0.4) is 0 Å². The fraction of sp³-hybridized carbons (Fsp3) is 0.462. The minimum Gasteiger partial charge on any atom is -0.385 e. The smallest absolute Gasteiger partial charge is 0.165 e. The van der Waals surface area contributed by atoms with E-state index in [0.717, 1.165) is 0 Å². The fourth-order valence-electron chi connectivity index (χ4n) is 2.22. The number of rotatable bonds is 1. The molecule has 0 aliphatic heterocycles. The number of hydrogen-bond acceptors (Lipinski definition) is 2. The molecule has 1 fully saturated rings. The first-order valence-corrected chi connectivity index (χ1v) is 5.63. The normalized spacial score (nSPS) is 19.4.